The minimum Gasteiger partial charge on any atom is -0.468 e. The third-order valence-electron chi connectivity index (χ3n) is 2.42. The number of alkyl halides is 1. The molecule has 0 heterocycles. The summed E-state index contributed by atoms with van der Waals surface area (Å²) in [6.07, 6.45) is 0.232. The van der Waals surface area contributed by atoms with Gasteiger partial charge in [-0.2, -0.15) is 0 Å². The number of benzene rings is 1. The molecule has 1 aromatic rings. The molecule has 0 spiro atoms. The predicted octanol–water partition coefficient (Wildman–Crippen LogP) is 2.38. The highest BCUT2D eigenvalue weighted by Crippen LogP contribution is 2.25. The maximum Gasteiger partial charge on any atom is 0.319 e. The molecule has 0 saturated heterocycles. The van der Waals surface area contributed by atoms with Crippen LogP contribution in [0.15, 0.2) is 18.2 Å². The zero-order valence-corrected chi connectivity index (χ0v) is 11.1. The van der Waals surface area contributed by atoms with Crippen molar-refractivity contribution in [3.05, 3.63) is 39.4 Å². The van der Waals surface area contributed by atoms with Crippen LogP contribution in [-0.4, -0.2) is 22.8 Å². The van der Waals surface area contributed by atoms with Gasteiger partial charge in [-0.1, -0.05) is 28.1 Å². The third kappa shape index (κ3) is 3.26. The number of esters is 1. The summed E-state index contributed by atoms with van der Waals surface area (Å²) >= 11 is 3.16. The average molecular weight is 302 g/mol. The smallest absolute Gasteiger partial charge is 0.319 e. The Balaban J connectivity index is 3.05. The number of rotatable bonds is 4. The number of carbonyl (C=O) groups is 1. The Hall–Kier alpha value is -1.43. The molecular weight excluding hydrogens is 290 g/mol. The van der Waals surface area contributed by atoms with Gasteiger partial charge in [-0.05, 0) is 12.5 Å². The van der Waals surface area contributed by atoms with Crippen LogP contribution in [0.3, 0.4) is 0 Å². The Labute approximate surface area is 107 Å². The number of methoxy groups -OCH3 is 1. The standard InChI is InChI=1S/C11H12BrNO4/c1-7-4-3-5-10(13(15)16)8(7)6-9(12)11(14)17-2/h3-5,9H,6H2,1-2H3. The lowest BCUT2D eigenvalue weighted by atomic mass is 10.0. The number of hydrogen-bond donors (Lipinski definition) is 0. The van der Waals surface area contributed by atoms with Crippen LogP contribution in [0, 0.1) is 17.0 Å². The van der Waals surface area contributed by atoms with Crippen molar-refractivity contribution in [2.75, 3.05) is 7.11 Å². The van der Waals surface area contributed by atoms with Crippen LogP contribution in [0.25, 0.3) is 0 Å². The van der Waals surface area contributed by atoms with Crippen molar-refractivity contribution in [3.63, 3.8) is 0 Å². The van der Waals surface area contributed by atoms with E-state index < -0.39 is 15.7 Å². The van der Waals surface area contributed by atoms with Crippen LogP contribution < -0.4 is 0 Å². The van der Waals surface area contributed by atoms with Crippen LogP contribution in [-0.2, 0) is 16.0 Å². The van der Waals surface area contributed by atoms with Gasteiger partial charge >= 0.3 is 5.97 Å². The summed E-state index contributed by atoms with van der Waals surface area (Å²) in [6, 6.07) is 4.83. The van der Waals surface area contributed by atoms with Gasteiger partial charge in [-0.15, -0.1) is 0 Å². The Bertz CT molecular complexity index is 447. The zero-order chi connectivity index (χ0) is 13.0. The Morgan fingerprint density at radius 2 is 2.24 bits per heavy atom. The van der Waals surface area contributed by atoms with E-state index in [-0.39, 0.29) is 12.1 Å². The molecule has 1 unspecified atom stereocenters. The molecule has 1 atom stereocenters. The SMILES string of the molecule is COC(=O)C(Br)Cc1c(C)cccc1[N+](=O)[O-]. The van der Waals surface area contributed by atoms with Crippen LogP contribution in [0.1, 0.15) is 11.1 Å². The van der Waals surface area contributed by atoms with Gasteiger partial charge in [0.2, 0.25) is 0 Å². The van der Waals surface area contributed by atoms with Crippen molar-refractivity contribution >= 4 is 27.6 Å². The number of nitrogens with zero attached hydrogens (tertiary/aromatic N) is 1. The summed E-state index contributed by atoms with van der Waals surface area (Å²) in [7, 11) is 1.28. The van der Waals surface area contributed by atoms with Crippen molar-refractivity contribution < 1.29 is 14.5 Å². The molecule has 0 aliphatic rings. The van der Waals surface area contributed by atoms with Crippen molar-refractivity contribution in [1.82, 2.24) is 0 Å². The van der Waals surface area contributed by atoms with Gasteiger partial charge in [-0.3, -0.25) is 14.9 Å². The number of nitro benzene ring substituents is 1. The highest BCUT2D eigenvalue weighted by atomic mass is 79.9. The molecule has 0 saturated carbocycles. The molecule has 1 aromatic carbocycles. The number of aryl methyl sites for hydroxylation is 1. The van der Waals surface area contributed by atoms with Crippen LogP contribution in [0.2, 0.25) is 0 Å². The average Bonchev–Trinajstić information content (AvgIpc) is 2.30. The normalized spacial score (nSPS) is 11.9. The van der Waals surface area contributed by atoms with Gasteiger partial charge in [0.25, 0.3) is 5.69 Å². The van der Waals surface area contributed by atoms with Gasteiger partial charge < -0.3 is 4.74 Å². The second-order valence-electron chi connectivity index (χ2n) is 3.52. The quantitative estimate of drug-likeness (QED) is 0.370. The minimum absolute atomic E-state index is 0.0263. The second-order valence-corrected chi connectivity index (χ2v) is 4.63. The van der Waals surface area contributed by atoms with Gasteiger partial charge in [0.05, 0.1) is 12.0 Å². The topological polar surface area (TPSA) is 69.4 Å². The summed E-state index contributed by atoms with van der Waals surface area (Å²) in [4.78, 5) is 21.1. The second kappa shape index (κ2) is 5.77. The number of halogens is 1. The highest BCUT2D eigenvalue weighted by molar-refractivity contribution is 9.10. The Morgan fingerprint density at radius 1 is 1.59 bits per heavy atom. The molecule has 1 rings (SSSR count). The van der Waals surface area contributed by atoms with Crippen molar-refractivity contribution in [3.8, 4) is 0 Å². The molecule has 0 aliphatic carbocycles. The Kier molecular flexibility index (Phi) is 4.62. The molecule has 17 heavy (non-hydrogen) atoms. The molecule has 92 valence electrons. The van der Waals surface area contributed by atoms with Crippen LogP contribution >= 0.6 is 15.9 Å². The van der Waals surface area contributed by atoms with Crippen molar-refractivity contribution in [2.24, 2.45) is 0 Å². The summed E-state index contributed by atoms with van der Waals surface area (Å²) in [5, 5.41) is 10.9. The lowest BCUT2D eigenvalue weighted by Gasteiger charge is -2.10. The van der Waals surface area contributed by atoms with Gasteiger partial charge in [0.1, 0.15) is 4.83 Å². The van der Waals surface area contributed by atoms with E-state index in [0.717, 1.165) is 5.56 Å². The molecule has 0 radical (unpaired) electrons. The number of nitro groups is 1. The fourth-order valence-corrected chi connectivity index (χ4v) is 2.02. The molecule has 0 aliphatic heterocycles. The van der Waals surface area contributed by atoms with Crippen molar-refractivity contribution in [2.45, 2.75) is 18.2 Å². The molecule has 0 aromatic heterocycles. The van der Waals surface area contributed by atoms with E-state index in [1.54, 1.807) is 19.1 Å². The number of hydrogen-bond acceptors (Lipinski definition) is 4. The molecule has 0 fully saturated rings. The van der Waals surface area contributed by atoms with Crippen molar-refractivity contribution in [1.29, 1.82) is 0 Å². The maximum absolute atomic E-state index is 11.3. The van der Waals surface area contributed by atoms with Gasteiger partial charge in [0, 0.05) is 18.1 Å². The van der Waals surface area contributed by atoms with Gasteiger partial charge in [-0.25, -0.2) is 0 Å². The monoisotopic (exact) mass is 301 g/mol. The van der Waals surface area contributed by atoms with E-state index in [1.807, 2.05) is 0 Å². The minimum atomic E-state index is -0.577. The van der Waals surface area contributed by atoms with Gasteiger partial charge in [0.15, 0.2) is 0 Å². The fourth-order valence-electron chi connectivity index (χ4n) is 1.51. The number of ether oxygens (including phenoxy) is 1. The first-order valence-corrected chi connectivity index (χ1v) is 5.83. The molecule has 6 heteroatoms. The highest BCUT2D eigenvalue weighted by Gasteiger charge is 2.22. The molecular formula is C11H12BrNO4. The largest absolute Gasteiger partial charge is 0.468 e. The fraction of sp³-hybridized carbons (Fsp3) is 0.364. The third-order valence-corrected chi connectivity index (χ3v) is 3.12. The lowest BCUT2D eigenvalue weighted by Crippen LogP contribution is -2.19. The van der Waals surface area contributed by atoms with E-state index in [9.17, 15) is 14.9 Å². The summed E-state index contributed by atoms with van der Waals surface area (Å²) < 4.78 is 4.57. The first kappa shape index (κ1) is 13.6. The first-order valence-electron chi connectivity index (χ1n) is 4.92. The maximum atomic E-state index is 11.3. The van der Waals surface area contributed by atoms with E-state index in [0.29, 0.717) is 5.56 Å². The lowest BCUT2D eigenvalue weighted by molar-refractivity contribution is -0.385. The molecule has 0 N–H and O–H groups in total. The number of carbonyl (C=O) groups excluding carboxylic acids is 1. The molecule has 0 bridgehead atoms. The Morgan fingerprint density at radius 3 is 2.76 bits per heavy atom. The first-order chi connectivity index (χ1) is 7.97. The zero-order valence-electron chi connectivity index (χ0n) is 9.47. The summed E-state index contributed by atoms with van der Waals surface area (Å²) in [5.41, 5.74) is 1.36. The van der Waals surface area contributed by atoms with E-state index in [2.05, 4.69) is 20.7 Å². The van der Waals surface area contributed by atoms with E-state index in [4.69, 9.17) is 0 Å². The van der Waals surface area contributed by atoms with Crippen LogP contribution in [0.5, 0.6) is 0 Å². The summed E-state index contributed by atoms with van der Waals surface area (Å²) in [6.45, 7) is 1.78. The molecule has 5 nitrogen and oxygen atoms in total. The van der Waals surface area contributed by atoms with Crippen LogP contribution in [0.4, 0.5) is 5.69 Å². The predicted molar refractivity (Wildman–Crippen MR) is 66.3 cm³/mol. The van der Waals surface area contributed by atoms with E-state index in [1.165, 1.54) is 13.2 Å². The van der Waals surface area contributed by atoms with E-state index >= 15 is 0 Å². The summed E-state index contributed by atoms with van der Waals surface area (Å²) in [5.74, 6) is -0.442. The molecule has 0 amide bonds.